The third kappa shape index (κ3) is 4.84. The number of aryl methyl sites for hydroxylation is 1. The molecule has 0 aliphatic carbocycles. The fraction of sp³-hybridized carbons (Fsp3) is 0.222. The Labute approximate surface area is 152 Å². The molecule has 1 heterocycles. The Morgan fingerprint density at radius 3 is 2.50 bits per heavy atom. The molecule has 0 aliphatic rings. The fourth-order valence-corrected chi connectivity index (χ4v) is 3.19. The van der Waals surface area contributed by atoms with Crippen molar-refractivity contribution in [2.45, 2.75) is 30.4 Å². The van der Waals surface area contributed by atoms with Gasteiger partial charge in [-0.2, -0.15) is 0 Å². The van der Waals surface area contributed by atoms with Gasteiger partial charge in [0.15, 0.2) is 6.04 Å². The van der Waals surface area contributed by atoms with Crippen molar-refractivity contribution in [1.29, 1.82) is 0 Å². The quantitative estimate of drug-likeness (QED) is 0.637. The molecule has 1 atom stereocenters. The van der Waals surface area contributed by atoms with Crippen molar-refractivity contribution in [3.05, 3.63) is 77.2 Å². The van der Waals surface area contributed by atoms with Crippen LogP contribution in [0.5, 0.6) is 0 Å². The van der Waals surface area contributed by atoms with E-state index in [0.29, 0.717) is 11.1 Å². The van der Waals surface area contributed by atoms with Crippen LogP contribution in [0.4, 0.5) is 0 Å². The van der Waals surface area contributed by atoms with Crippen LogP contribution < -0.4 is 18.1 Å². The second-order valence-electron chi connectivity index (χ2n) is 5.51. The second kappa shape index (κ2) is 8.87. The summed E-state index contributed by atoms with van der Waals surface area (Å²) in [5.41, 5.74) is 7.93. The fourth-order valence-electron chi connectivity index (χ4n) is 2.34. The minimum absolute atomic E-state index is 0. The first kappa shape index (κ1) is 18.5. The van der Waals surface area contributed by atoms with Crippen molar-refractivity contribution >= 4 is 11.8 Å². The minimum Gasteiger partial charge on any atom is -1.00 e. The largest absolute Gasteiger partial charge is 1.00 e. The van der Waals surface area contributed by atoms with Gasteiger partial charge in [0.25, 0.3) is 11.1 Å². The van der Waals surface area contributed by atoms with Crippen LogP contribution >= 0.6 is 11.8 Å². The highest BCUT2D eigenvalue weighted by molar-refractivity contribution is 7.98. The van der Waals surface area contributed by atoms with Crippen molar-refractivity contribution in [1.82, 2.24) is 10.2 Å². The number of rotatable bonds is 6. The van der Waals surface area contributed by atoms with E-state index in [-0.39, 0.29) is 18.4 Å². The van der Waals surface area contributed by atoms with Crippen LogP contribution in [0, 0.1) is 6.92 Å². The van der Waals surface area contributed by atoms with Crippen LogP contribution in [0.25, 0.3) is 0 Å². The maximum Gasteiger partial charge on any atom is 0.277 e. The van der Waals surface area contributed by atoms with E-state index in [1.165, 1.54) is 16.7 Å². The Kier molecular flexibility index (Phi) is 6.85. The van der Waals surface area contributed by atoms with Crippen molar-refractivity contribution in [2.24, 2.45) is 0 Å². The summed E-state index contributed by atoms with van der Waals surface area (Å²) >= 11 is 1.56. The van der Waals surface area contributed by atoms with E-state index in [1.807, 2.05) is 30.3 Å². The van der Waals surface area contributed by atoms with Crippen molar-refractivity contribution in [3.63, 3.8) is 0 Å². The van der Waals surface area contributed by atoms with Gasteiger partial charge in [-0.15, -0.1) is 10.2 Å². The summed E-state index contributed by atoms with van der Waals surface area (Å²) in [6, 6.07) is 18.5. The summed E-state index contributed by atoms with van der Waals surface area (Å²) in [5.74, 6) is 1.43. The van der Waals surface area contributed by atoms with Crippen LogP contribution in [0.2, 0.25) is 0 Å². The number of quaternary nitrogens is 1. The monoisotopic (exact) mass is 361 g/mol. The highest BCUT2D eigenvalue weighted by Gasteiger charge is 2.18. The number of nitrogens with zero attached hydrogens (tertiary/aromatic N) is 2. The molecule has 6 heteroatoms. The van der Waals surface area contributed by atoms with Crippen molar-refractivity contribution < 1.29 is 22.6 Å². The molecule has 0 bridgehead atoms. The molecule has 126 valence electrons. The van der Waals surface area contributed by atoms with Crippen LogP contribution in [0.3, 0.4) is 0 Å². The number of benzene rings is 2. The Balaban J connectivity index is 0.00000208. The van der Waals surface area contributed by atoms with Gasteiger partial charge in [-0.05, 0) is 23.6 Å². The van der Waals surface area contributed by atoms with Gasteiger partial charge in [-0.25, -0.2) is 0 Å². The maximum atomic E-state index is 5.76. The Hall–Kier alpha value is -1.82. The zero-order chi connectivity index (χ0) is 16.1. The highest BCUT2D eigenvalue weighted by atomic mass is 35.5. The molecular weight excluding hydrogens is 342 g/mol. The summed E-state index contributed by atoms with van der Waals surface area (Å²) in [4.78, 5) is 0. The van der Waals surface area contributed by atoms with Gasteiger partial charge in [0.1, 0.15) is 0 Å². The normalized spacial score (nSPS) is 11.8. The molecule has 2 aromatic carbocycles. The van der Waals surface area contributed by atoms with Gasteiger partial charge in [0, 0.05) is 12.2 Å². The number of aromatic nitrogens is 2. The topological polar surface area (TPSA) is 66.6 Å². The lowest BCUT2D eigenvalue weighted by Crippen LogP contribution is -3.00. The van der Waals surface area contributed by atoms with E-state index in [2.05, 4.69) is 47.1 Å². The first-order chi connectivity index (χ1) is 11.2. The smallest absolute Gasteiger partial charge is 0.277 e. The van der Waals surface area contributed by atoms with Crippen LogP contribution in [0.15, 0.2) is 64.2 Å². The Morgan fingerprint density at radius 1 is 1.04 bits per heavy atom. The van der Waals surface area contributed by atoms with Gasteiger partial charge in [-0.1, -0.05) is 66.4 Å². The summed E-state index contributed by atoms with van der Waals surface area (Å²) in [7, 11) is 0. The van der Waals surface area contributed by atoms with Gasteiger partial charge in [0.2, 0.25) is 0 Å². The average Bonchev–Trinajstić information content (AvgIpc) is 3.04. The maximum absolute atomic E-state index is 5.76. The molecule has 3 rings (SSSR count). The van der Waals surface area contributed by atoms with E-state index in [9.17, 15) is 0 Å². The lowest BCUT2D eigenvalue weighted by Gasteiger charge is -2.04. The molecule has 1 aromatic heterocycles. The first-order valence-electron chi connectivity index (χ1n) is 7.60. The Morgan fingerprint density at radius 2 is 1.75 bits per heavy atom. The molecular formula is C18H20ClN3OS. The van der Waals surface area contributed by atoms with Crippen LogP contribution in [0.1, 0.15) is 28.6 Å². The van der Waals surface area contributed by atoms with Gasteiger partial charge >= 0.3 is 0 Å². The molecule has 3 aromatic rings. The molecule has 0 aliphatic heterocycles. The van der Waals surface area contributed by atoms with Gasteiger partial charge in [-0.3, -0.25) is 0 Å². The third-order valence-corrected chi connectivity index (χ3v) is 4.58. The SMILES string of the molecule is Cc1ccccc1CSc1nnc([C@@H]([NH3+])Cc2ccccc2)o1.[Cl-]. The second-order valence-corrected chi connectivity index (χ2v) is 6.43. The lowest BCUT2D eigenvalue weighted by atomic mass is 10.1. The van der Waals surface area contributed by atoms with E-state index in [0.717, 1.165) is 12.2 Å². The first-order valence-corrected chi connectivity index (χ1v) is 8.58. The molecule has 4 nitrogen and oxygen atoms in total. The van der Waals surface area contributed by atoms with E-state index in [1.54, 1.807) is 11.8 Å². The molecule has 0 saturated carbocycles. The third-order valence-electron chi connectivity index (χ3n) is 3.71. The molecule has 0 fully saturated rings. The van der Waals surface area contributed by atoms with E-state index < -0.39 is 0 Å². The minimum atomic E-state index is -0.0299. The van der Waals surface area contributed by atoms with Crippen LogP contribution in [-0.2, 0) is 12.2 Å². The number of hydrogen-bond donors (Lipinski definition) is 1. The van der Waals surface area contributed by atoms with E-state index in [4.69, 9.17) is 4.42 Å². The number of halogens is 1. The predicted octanol–water partition coefficient (Wildman–Crippen LogP) is 0.200. The molecule has 0 spiro atoms. The summed E-state index contributed by atoms with van der Waals surface area (Å²) in [6.07, 6.45) is 0.797. The summed E-state index contributed by atoms with van der Waals surface area (Å²) < 4.78 is 5.76. The average molecular weight is 362 g/mol. The number of hydrogen-bond acceptors (Lipinski definition) is 4. The van der Waals surface area contributed by atoms with Crippen molar-refractivity contribution in [2.75, 3.05) is 0 Å². The highest BCUT2D eigenvalue weighted by Crippen LogP contribution is 2.24. The van der Waals surface area contributed by atoms with Crippen LogP contribution in [-0.4, -0.2) is 10.2 Å². The van der Waals surface area contributed by atoms with Gasteiger partial charge in [0.05, 0.1) is 0 Å². The van der Waals surface area contributed by atoms with E-state index >= 15 is 0 Å². The molecule has 24 heavy (non-hydrogen) atoms. The van der Waals surface area contributed by atoms with Crippen molar-refractivity contribution in [3.8, 4) is 0 Å². The number of thioether (sulfide) groups is 1. The Bertz CT molecular complexity index is 764. The standard InChI is InChI=1S/C18H19N3OS.ClH/c1-13-7-5-6-10-15(13)12-23-18-21-20-17(22-18)16(19)11-14-8-3-2-4-9-14;/h2-10,16H,11-12,19H2,1H3;1H/t16-;/m0./s1. The lowest BCUT2D eigenvalue weighted by molar-refractivity contribution is -0.431. The molecule has 0 unspecified atom stereocenters. The molecule has 0 radical (unpaired) electrons. The molecule has 0 amide bonds. The molecule has 3 N–H and O–H groups in total. The molecule has 0 saturated heterocycles. The zero-order valence-electron chi connectivity index (χ0n) is 13.5. The summed E-state index contributed by atoms with van der Waals surface area (Å²) in [6.45, 7) is 2.11. The summed E-state index contributed by atoms with van der Waals surface area (Å²) in [5, 5.41) is 8.88. The predicted molar refractivity (Wildman–Crippen MR) is 90.8 cm³/mol. The zero-order valence-corrected chi connectivity index (χ0v) is 15.1. The van der Waals surface area contributed by atoms with Gasteiger partial charge < -0.3 is 22.6 Å².